The quantitative estimate of drug-likeness (QED) is 0.598. The van der Waals surface area contributed by atoms with E-state index in [2.05, 4.69) is 32.6 Å². The maximum atomic E-state index is 11.9. The predicted molar refractivity (Wildman–Crippen MR) is 115 cm³/mol. The second-order valence-corrected chi connectivity index (χ2v) is 9.70. The number of hydrogen-bond acceptors (Lipinski definition) is 7. The van der Waals surface area contributed by atoms with Gasteiger partial charge in [0.25, 0.3) is 0 Å². The van der Waals surface area contributed by atoms with Gasteiger partial charge in [0.15, 0.2) is 0 Å². The average Bonchev–Trinajstić information content (AvgIpc) is 3.23. The summed E-state index contributed by atoms with van der Waals surface area (Å²) in [6.07, 6.45) is 3.18. The van der Waals surface area contributed by atoms with Crippen molar-refractivity contribution in [3.05, 3.63) is 59.1 Å². The highest BCUT2D eigenvalue weighted by Crippen LogP contribution is 2.37. The van der Waals surface area contributed by atoms with Crippen LogP contribution in [0, 0.1) is 0 Å². The highest BCUT2D eigenvalue weighted by Gasteiger charge is 2.32. The van der Waals surface area contributed by atoms with Gasteiger partial charge >= 0.3 is 0 Å². The molecule has 3 aromatic rings. The van der Waals surface area contributed by atoms with Gasteiger partial charge in [-0.3, -0.25) is 4.31 Å². The Morgan fingerprint density at radius 2 is 1.97 bits per heavy atom. The predicted octanol–water partition coefficient (Wildman–Crippen LogP) is 3.39. The van der Waals surface area contributed by atoms with Crippen LogP contribution >= 0.6 is 11.6 Å². The summed E-state index contributed by atoms with van der Waals surface area (Å²) in [5.74, 6) is 1.15. The number of nitrogens with one attached hydrogen (secondary N) is 1. The van der Waals surface area contributed by atoms with E-state index in [9.17, 15) is 8.42 Å². The first-order chi connectivity index (χ1) is 14.3. The summed E-state index contributed by atoms with van der Waals surface area (Å²) in [4.78, 5) is 4.08. The molecule has 1 aliphatic heterocycles. The third-order valence-corrected chi connectivity index (χ3v) is 6.62. The van der Waals surface area contributed by atoms with Crippen LogP contribution in [0.4, 0.5) is 5.82 Å². The molecule has 1 aromatic carbocycles. The van der Waals surface area contributed by atoms with Gasteiger partial charge in [0.1, 0.15) is 11.0 Å². The van der Waals surface area contributed by atoms with Crippen LogP contribution in [0.2, 0.25) is 5.15 Å². The monoisotopic (exact) mass is 447 g/mol. The molecule has 0 radical (unpaired) electrons. The van der Waals surface area contributed by atoms with Crippen molar-refractivity contribution in [2.24, 2.45) is 0 Å². The fraction of sp³-hybridized carbons (Fsp3) is 0.350. The topological polar surface area (TPSA) is 101 Å². The van der Waals surface area contributed by atoms with E-state index < -0.39 is 10.0 Å². The molecule has 4 rings (SSSR count). The van der Waals surface area contributed by atoms with E-state index in [1.807, 2.05) is 18.2 Å². The number of rotatable bonds is 5. The van der Waals surface area contributed by atoms with Crippen LogP contribution in [0.5, 0.6) is 0 Å². The molecule has 1 saturated heterocycles. The Kier molecular flexibility index (Phi) is 5.77. The zero-order valence-corrected chi connectivity index (χ0v) is 18.2. The Morgan fingerprint density at radius 3 is 2.70 bits per heavy atom. The van der Waals surface area contributed by atoms with Crippen molar-refractivity contribution in [2.75, 3.05) is 24.2 Å². The van der Waals surface area contributed by atoms with Crippen LogP contribution in [-0.2, 0) is 10.0 Å². The molecule has 0 saturated carbocycles. The Labute approximate surface area is 180 Å². The molecule has 3 heterocycles. The normalized spacial score (nSPS) is 19.6. The fourth-order valence-electron chi connectivity index (χ4n) is 3.62. The van der Waals surface area contributed by atoms with Crippen LogP contribution in [0.1, 0.15) is 36.3 Å². The summed E-state index contributed by atoms with van der Waals surface area (Å²) in [7, 11) is -2.08. The smallest absolute Gasteiger partial charge is 0.248 e. The van der Waals surface area contributed by atoms with Gasteiger partial charge in [-0.15, -0.1) is 10.2 Å². The van der Waals surface area contributed by atoms with Crippen molar-refractivity contribution in [2.45, 2.75) is 24.8 Å². The Balaban J connectivity index is 1.66. The van der Waals surface area contributed by atoms with Crippen LogP contribution in [0.3, 0.4) is 0 Å². The highest BCUT2D eigenvalue weighted by atomic mass is 35.5. The first-order valence-corrected chi connectivity index (χ1v) is 11.8. The van der Waals surface area contributed by atoms with E-state index >= 15 is 0 Å². The Morgan fingerprint density at radius 1 is 1.20 bits per heavy atom. The number of pyridine rings is 1. The van der Waals surface area contributed by atoms with Gasteiger partial charge in [0, 0.05) is 18.5 Å². The second-order valence-electron chi connectivity index (χ2n) is 7.30. The molecule has 0 spiro atoms. The fourth-order valence-corrected chi connectivity index (χ4v) is 4.26. The lowest BCUT2D eigenvalue weighted by Gasteiger charge is -2.30. The molecule has 0 unspecified atom stereocenters. The summed E-state index contributed by atoms with van der Waals surface area (Å²) in [6.45, 7) is 0.871. The lowest BCUT2D eigenvalue weighted by molar-refractivity contribution is 0.303. The molecule has 1 fully saturated rings. The molecule has 10 heteroatoms. The molecular weight excluding hydrogens is 426 g/mol. The van der Waals surface area contributed by atoms with E-state index in [0.717, 1.165) is 29.9 Å². The van der Waals surface area contributed by atoms with Crippen LogP contribution in [-0.4, -0.2) is 43.4 Å². The van der Waals surface area contributed by atoms with Crippen LogP contribution < -0.4 is 9.62 Å². The van der Waals surface area contributed by atoms with Gasteiger partial charge in [0.2, 0.25) is 21.8 Å². The summed E-state index contributed by atoms with van der Waals surface area (Å²) >= 11 is 6.12. The lowest BCUT2D eigenvalue weighted by atomic mass is 9.85. The number of nitrogens with zero attached hydrogens (tertiary/aromatic N) is 4. The molecule has 30 heavy (non-hydrogen) atoms. The number of halogens is 1. The number of aromatic nitrogens is 3. The van der Waals surface area contributed by atoms with Crippen molar-refractivity contribution in [1.29, 1.82) is 0 Å². The van der Waals surface area contributed by atoms with Gasteiger partial charge in [-0.2, -0.15) is 0 Å². The van der Waals surface area contributed by atoms with Crippen molar-refractivity contribution in [3.63, 3.8) is 0 Å². The third kappa shape index (κ3) is 4.33. The van der Waals surface area contributed by atoms with Gasteiger partial charge < -0.3 is 9.73 Å². The van der Waals surface area contributed by atoms with E-state index in [4.69, 9.17) is 16.0 Å². The van der Waals surface area contributed by atoms with Crippen molar-refractivity contribution < 1.29 is 12.8 Å². The maximum Gasteiger partial charge on any atom is 0.248 e. The van der Waals surface area contributed by atoms with Crippen molar-refractivity contribution in [1.82, 2.24) is 20.5 Å². The number of piperidine rings is 1. The number of anilines is 1. The van der Waals surface area contributed by atoms with Gasteiger partial charge in [-0.1, -0.05) is 41.9 Å². The van der Waals surface area contributed by atoms with E-state index in [0.29, 0.717) is 11.5 Å². The maximum absolute atomic E-state index is 11.9. The number of benzene rings is 1. The second kappa shape index (κ2) is 8.33. The third-order valence-electron chi connectivity index (χ3n) is 5.24. The van der Waals surface area contributed by atoms with Crippen LogP contribution in [0.25, 0.3) is 11.5 Å². The molecule has 0 amide bonds. The first-order valence-electron chi connectivity index (χ1n) is 9.56. The van der Waals surface area contributed by atoms with Crippen molar-refractivity contribution in [3.8, 4) is 11.5 Å². The van der Waals surface area contributed by atoms with E-state index in [1.165, 1.54) is 12.6 Å². The summed E-state index contributed by atoms with van der Waals surface area (Å²) in [6, 6.07) is 13.3. The Bertz CT molecular complexity index is 1140. The van der Waals surface area contributed by atoms with E-state index in [1.54, 1.807) is 12.1 Å². The van der Waals surface area contributed by atoms with Crippen LogP contribution in [0.15, 0.2) is 46.9 Å². The summed E-state index contributed by atoms with van der Waals surface area (Å²) in [5, 5.41) is 12.1. The molecule has 2 atom stereocenters. The number of hydrogen-bond donors (Lipinski definition) is 1. The highest BCUT2D eigenvalue weighted by molar-refractivity contribution is 7.92. The van der Waals surface area contributed by atoms with Gasteiger partial charge in [0.05, 0.1) is 12.3 Å². The zero-order chi connectivity index (χ0) is 21.3. The Hall–Kier alpha value is -2.49. The SMILES string of the molecule is CN(c1cc(-c2nnc([C@@H]3NCCC[C@@H]3c3ccccc3)o2)cc(Cl)n1)S(C)(=O)=O. The minimum absolute atomic E-state index is 0.0992. The molecule has 1 N–H and O–H groups in total. The first kappa shape index (κ1) is 20.8. The standard InChI is InChI=1S/C20H22ClN5O3S/c1-26(30(2,27)28)17-12-14(11-16(21)23-17)19-24-25-20(29-19)18-15(9-6-10-22-18)13-7-4-3-5-8-13/h3-5,7-8,11-12,15,18,22H,6,9-10H2,1-2H3/t15-,18-/m1/s1. The largest absolute Gasteiger partial charge is 0.419 e. The molecule has 1 aliphatic rings. The minimum Gasteiger partial charge on any atom is -0.419 e. The van der Waals surface area contributed by atoms with Gasteiger partial charge in [-0.25, -0.2) is 13.4 Å². The van der Waals surface area contributed by atoms with Gasteiger partial charge in [-0.05, 0) is 37.1 Å². The molecule has 8 nitrogen and oxygen atoms in total. The minimum atomic E-state index is -3.49. The summed E-state index contributed by atoms with van der Waals surface area (Å²) in [5.41, 5.74) is 1.73. The molecule has 2 aromatic heterocycles. The molecular formula is C20H22ClN5O3S. The summed E-state index contributed by atoms with van der Waals surface area (Å²) < 4.78 is 30.8. The molecule has 0 aliphatic carbocycles. The molecule has 158 valence electrons. The average molecular weight is 448 g/mol. The molecule has 0 bridgehead atoms. The van der Waals surface area contributed by atoms with E-state index in [-0.39, 0.29) is 28.8 Å². The number of sulfonamides is 1. The van der Waals surface area contributed by atoms with Crippen molar-refractivity contribution >= 4 is 27.4 Å². The lowest BCUT2D eigenvalue weighted by Crippen LogP contribution is -2.33. The zero-order valence-electron chi connectivity index (χ0n) is 16.6.